The van der Waals surface area contributed by atoms with Gasteiger partial charge in [-0.3, -0.25) is 0 Å². The number of hydrogen-bond acceptors (Lipinski definition) is 3. The van der Waals surface area contributed by atoms with E-state index in [4.69, 9.17) is 4.74 Å². The van der Waals surface area contributed by atoms with Gasteiger partial charge in [0.05, 0.1) is 13.2 Å². The molecule has 3 heteroatoms. The van der Waals surface area contributed by atoms with E-state index in [0.717, 1.165) is 32.2 Å². The van der Waals surface area contributed by atoms with E-state index in [2.05, 4.69) is 35.6 Å². The number of methoxy groups -OCH3 is 1. The quantitative estimate of drug-likeness (QED) is 0.774. The zero-order valence-electron chi connectivity index (χ0n) is 11.8. The van der Waals surface area contributed by atoms with E-state index in [1.807, 2.05) is 0 Å². The van der Waals surface area contributed by atoms with Gasteiger partial charge < -0.3 is 15.2 Å². The van der Waals surface area contributed by atoms with Crippen LogP contribution in [0.4, 0.5) is 0 Å². The normalized spacial score (nSPS) is 27.4. The summed E-state index contributed by atoms with van der Waals surface area (Å²) in [7, 11) is 1.71. The van der Waals surface area contributed by atoms with Crippen molar-refractivity contribution in [3.8, 4) is 0 Å². The minimum absolute atomic E-state index is 0.0934. The summed E-state index contributed by atoms with van der Waals surface area (Å²) < 4.78 is 5.07. The molecule has 2 rings (SSSR count). The molecule has 3 nitrogen and oxygen atoms in total. The fraction of sp³-hybridized carbons (Fsp3) is 0.625. The van der Waals surface area contributed by atoms with Gasteiger partial charge >= 0.3 is 0 Å². The zero-order chi connectivity index (χ0) is 13.6. The van der Waals surface area contributed by atoms with Crippen molar-refractivity contribution in [3.05, 3.63) is 35.9 Å². The fourth-order valence-corrected chi connectivity index (χ4v) is 3.04. The van der Waals surface area contributed by atoms with E-state index < -0.39 is 0 Å². The molecule has 0 aromatic heterocycles. The van der Waals surface area contributed by atoms with Crippen molar-refractivity contribution >= 4 is 0 Å². The van der Waals surface area contributed by atoms with Crippen LogP contribution in [0.1, 0.15) is 37.2 Å². The second-order valence-electron chi connectivity index (χ2n) is 5.54. The van der Waals surface area contributed by atoms with Gasteiger partial charge in [0.25, 0.3) is 0 Å². The molecule has 1 aliphatic rings. The molecule has 2 N–H and O–H groups in total. The van der Waals surface area contributed by atoms with Gasteiger partial charge in [0, 0.05) is 19.2 Å². The standard InChI is InChI=1S/C16H25NO2/c1-19-12-11-17-16(13-18)9-7-15(8-10-16)14-5-3-2-4-6-14/h2-6,15,17-18H,7-13H2,1H3. The van der Waals surface area contributed by atoms with Gasteiger partial charge in [-0.1, -0.05) is 30.3 Å². The van der Waals surface area contributed by atoms with Gasteiger partial charge in [-0.15, -0.1) is 0 Å². The molecule has 0 heterocycles. The maximum atomic E-state index is 9.69. The van der Waals surface area contributed by atoms with Crippen LogP contribution in [0.2, 0.25) is 0 Å². The van der Waals surface area contributed by atoms with E-state index in [1.54, 1.807) is 7.11 Å². The van der Waals surface area contributed by atoms with Crippen LogP contribution >= 0.6 is 0 Å². The Morgan fingerprint density at radius 2 is 1.95 bits per heavy atom. The van der Waals surface area contributed by atoms with E-state index in [-0.39, 0.29) is 12.1 Å². The minimum Gasteiger partial charge on any atom is -0.394 e. The number of aliphatic hydroxyl groups is 1. The van der Waals surface area contributed by atoms with Gasteiger partial charge in [-0.2, -0.15) is 0 Å². The largest absolute Gasteiger partial charge is 0.394 e. The van der Waals surface area contributed by atoms with E-state index in [0.29, 0.717) is 12.5 Å². The van der Waals surface area contributed by atoms with Gasteiger partial charge in [-0.05, 0) is 37.2 Å². The number of benzene rings is 1. The van der Waals surface area contributed by atoms with Crippen molar-refractivity contribution in [1.29, 1.82) is 0 Å². The highest BCUT2D eigenvalue weighted by Crippen LogP contribution is 2.37. The second-order valence-corrected chi connectivity index (χ2v) is 5.54. The van der Waals surface area contributed by atoms with Crippen LogP contribution in [0.3, 0.4) is 0 Å². The first kappa shape index (κ1) is 14.5. The predicted molar refractivity (Wildman–Crippen MR) is 77.3 cm³/mol. The maximum Gasteiger partial charge on any atom is 0.0613 e. The highest BCUT2D eigenvalue weighted by atomic mass is 16.5. The lowest BCUT2D eigenvalue weighted by Gasteiger charge is -2.40. The summed E-state index contributed by atoms with van der Waals surface area (Å²) in [5.41, 5.74) is 1.34. The Hall–Kier alpha value is -0.900. The number of ether oxygens (including phenoxy) is 1. The van der Waals surface area contributed by atoms with Crippen LogP contribution < -0.4 is 5.32 Å². The molecule has 0 atom stereocenters. The van der Waals surface area contributed by atoms with Crippen molar-refractivity contribution < 1.29 is 9.84 Å². The lowest BCUT2D eigenvalue weighted by Crippen LogP contribution is -2.51. The molecule has 0 unspecified atom stereocenters. The summed E-state index contributed by atoms with van der Waals surface area (Å²) in [4.78, 5) is 0. The third kappa shape index (κ3) is 3.78. The summed E-state index contributed by atoms with van der Waals surface area (Å²) in [5, 5.41) is 13.2. The van der Waals surface area contributed by atoms with E-state index in [1.165, 1.54) is 5.56 Å². The molecule has 0 bridgehead atoms. The summed E-state index contributed by atoms with van der Waals surface area (Å²) in [6.45, 7) is 1.73. The van der Waals surface area contributed by atoms with Crippen LogP contribution in [-0.2, 0) is 4.74 Å². The van der Waals surface area contributed by atoms with E-state index >= 15 is 0 Å². The number of hydrogen-bond donors (Lipinski definition) is 2. The van der Waals surface area contributed by atoms with Crippen molar-refractivity contribution in [3.63, 3.8) is 0 Å². The van der Waals surface area contributed by atoms with Crippen molar-refractivity contribution in [2.75, 3.05) is 26.9 Å². The Kier molecular flexibility index (Phi) is 5.37. The highest BCUT2D eigenvalue weighted by Gasteiger charge is 2.34. The first-order valence-electron chi connectivity index (χ1n) is 7.19. The molecule has 1 aromatic rings. The number of nitrogens with one attached hydrogen (secondary N) is 1. The molecular weight excluding hydrogens is 238 g/mol. The van der Waals surface area contributed by atoms with Crippen LogP contribution in [0.5, 0.6) is 0 Å². The first-order valence-corrected chi connectivity index (χ1v) is 7.19. The lowest BCUT2D eigenvalue weighted by atomic mass is 9.74. The Labute approximate surface area is 116 Å². The van der Waals surface area contributed by atoms with Crippen LogP contribution in [0.15, 0.2) is 30.3 Å². The molecule has 1 saturated carbocycles. The van der Waals surface area contributed by atoms with Crippen LogP contribution in [0.25, 0.3) is 0 Å². The second kappa shape index (κ2) is 7.04. The van der Waals surface area contributed by atoms with Crippen molar-refractivity contribution in [2.45, 2.75) is 37.1 Å². The molecule has 1 aliphatic carbocycles. The fourth-order valence-electron chi connectivity index (χ4n) is 3.04. The van der Waals surface area contributed by atoms with Crippen LogP contribution in [0, 0.1) is 0 Å². The molecule has 106 valence electrons. The molecule has 19 heavy (non-hydrogen) atoms. The highest BCUT2D eigenvalue weighted by molar-refractivity contribution is 5.20. The Balaban J connectivity index is 1.89. The maximum absolute atomic E-state index is 9.69. The van der Waals surface area contributed by atoms with Crippen LogP contribution in [-0.4, -0.2) is 37.5 Å². The average molecular weight is 263 g/mol. The summed E-state index contributed by atoms with van der Waals surface area (Å²) in [5.74, 6) is 0.644. The Morgan fingerprint density at radius 3 is 2.53 bits per heavy atom. The topological polar surface area (TPSA) is 41.5 Å². The molecule has 0 spiro atoms. The third-order valence-electron chi connectivity index (χ3n) is 4.32. The first-order chi connectivity index (χ1) is 9.29. The minimum atomic E-state index is -0.0934. The molecular formula is C16H25NO2. The van der Waals surface area contributed by atoms with Crippen molar-refractivity contribution in [1.82, 2.24) is 5.32 Å². The summed E-state index contributed by atoms with van der Waals surface area (Å²) >= 11 is 0. The Morgan fingerprint density at radius 1 is 1.26 bits per heavy atom. The molecule has 0 amide bonds. The zero-order valence-corrected chi connectivity index (χ0v) is 11.8. The SMILES string of the molecule is COCCNC1(CO)CCC(c2ccccc2)CC1. The molecule has 0 radical (unpaired) electrons. The summed E-state index contributed by atoms with van der Waals surface area (Å²) in [6.07, 6.45) is 4.36. The van der Waals surface area contributed by atoms with Crippen molar-refractivity contribution in [2.24, 2.45) is 0 Å². The average Bonchev–Trinajstić information content (AvgIpc) is 2.49. The number of rotatable bonds is 6. The molecule has 1 aromatic carbocycles. The van der Waals surface area contributed by atoms with Gasteiger partial charge in [0.15, 0.2) is 0 Å². The summed E-state index contributed by atoms with van der Waals surface area (Å²) in [6, 6.07) is 10.7. The van der Waals surface area contributed by atoms with Gasteiger partial charge in [-0.25, -0.2) is 0 Å². The molecule has 0 aliphatic heterocycles. The van der Waals surface area contributed by atoms with Gasteiger partial charge in [0.1, 0.15) is 0 Å². The monoisotopic (exact) mass is 263 g/mol. The smallest absolute Gasteiger partial charge is 0.0613 e. The van der Waals surface area contributed by atoms with E-state index in [9.17, 15) is 5.11 Å². The number of aliphatic hydroxyl groups excluding tert-OH is 1. The molecule has 0 saturated heterocycles. The Bertz CT molecular complexity index is 358. The third-order valence-corrected chi connectivity index (χ3v) is 4.32. The van der Waals surface area contributed by atoms with Gasteiger partial charge in [0.2, 0.25) is 0 Å². The molecule has 1 fully saturated rings. The lowest BCUT2D eigenvalue weighted by molar-refractivity contribution is 0.102. The predicted octanol–water partition coefficient (Wildman–Crippen LogP) is 2.31.